The van der Waals surface area contributed by atoms with Gasteiger partial charge in [-0.2, -0.15) is 0 Å². The molecule has 2 N–H and O–H groups in total. The Balaban J connectivity index is 2.00. The minimum Gasteiger partial charge on any atom is -0.362 e. The number of nitrogens with one attached hydrogen (secondary N) is 2. The van der Waals surface area contributed by atoms with Gasteiger partial charge in [0.1, 0.15) is 11.9 Å². The molecule has 1 aromatic rings. The molecule has 1 atom stereocenters. The average molecular weight is 291 g/mol. The van der Waals surface area contributed by atoms with Gasteiger partial charge in [-0.1, -0.05) is 6.07 Å². The smallest absolute Gasteiger partial charge is 0.318 e. The molecule has 0 bridgehead atoms. The summed E-state index contributed by atoms with van der Waals surface area (Å²) in [7, 11) is 3.81. The summed E-state index contributed by atoms with van der Waals surface area (Å²) >= 11 is 0. The molecule has 1 fully saturated rings. The second-order valence-electron chi connectivity index (χ2n) is 5.20. The van der Waals surface area contributed by atoms with E-state index < -0.39 is 6.04 Å². The third-order valence-electron chi connectivity index (χ3n) is 3.48. The van der Waals surface area contributed by atoms with Crippen molar-refractivity contribution in [2.24, 2.45) is 0 Å². The maximum atomic E-state index is 12.2. The first kappa shape index (κ1) is 15.1. The summed E-state index contributed by atoms with van der Waals surface area (Å²) in [6.07, 6.45) is 1.72. The number of hydrogen-bond acceptors (Lipinski definition) is 4. The molecular weight excluding hydrogens is 270 g/mol. The maximum absolute atomic E-state index is 12.2. The van der Waals surface area contributed by atoms with Crippen molar-refractivity contribution in [2.75, 3.05) is 32.1 Å². The number of pyridine rings is 1. The molecule has 1 saturated heterocycles. The lowest BCUT2D eigenvalue weighted by Crippen LogP contribution is -2.58. The molecule has 21 heavy (non-hydrogen) atoms. The zero-order chi connectivity index (χ0) is 15.4. The van der Waals surface area contributed by atoms with Gasteiger partial charge in [0.25, 0.3) is 0 Å². The Morgan fingerprint density at radius 3 is 3.05 bits per heavy atom. The van der Waals surface area contributed by atoms with Crippen LogP contribution in [0.15, 0.2) is 18.3 Å². The van der Waals surface area contributed by atoms with E-state index in [4.69, 9.17) is 0 Å². The molecule has 7 heteroatoms. The van der Waals surface area contributed by atoms with Crippen molar-refractivity contribution >= 4 is 17.8 Å². The SMILES string of the molecule is CC1C(=O)NCCN1C(=O)NCc1cccnc1N(C)C. The molecule has 1 aliphatic rings. The van der Waals surface area contributed by atoms with Gasteiger partial charge in [0.2, 0.25) is 5.91 Å². The fraction of sp³-hybridized carbons (Fsp3) is 0.500. The quantitative estimate of drug-likeness (QED) is 0.832. The topological polar surface area (TPSA) is 77.6 Å². The second-order valence-corrected chi connectivity index (χ2v) is 5.20. The monoisotopic (exact) mass is 291 g/mol. The molecule has 0 aromatic carbocycles. The van der Waals surface area contributed by atoms with Crippen molar-refractivity contribution in [2.45, 2.75) is 19.5 Å². The number of carbonyl (C=O) groups is 2. The molecule has 2 heterocycles. The zero-order valence-electron chi connectivity index (χ0n) is 12.6. The van der Waals surface area contributed by atoms with Crippen LogP contribution in [0, 0.1) is 0 Å². The van der Waals surface area contributed by atoms with Crippen LogP contribution in [0.4, 0.5) is 10.6 Å². The highest BCUT2D eigenvalue weighted by atomic mass is 16.2. The number of nitrogens with zero attached hydrogens (tertiary/aromatic N) is 3. The van der Waals surface area contributed by atoms with Crippen LogP contribution in [-0.2, 0) is 11.3 Å². The first-order valence-corrected chi connectivity index (χ1v) is 6.94. The van der Waals surface area contributed by atoms with Gasteiger partial charge >= 0.3 is 6.03 Å². The molecule has 114 valence electrons. The van der Waals surface area contributed by atoms with Crippen molar-refractivity contribution < 1.29 is 9.59 Å². The van der Waals surface area contributed by atoms with Crippen molar-refractivity contribution in [3.8, 4) is 0 Å². The molecule has 3 amide bonds. The van der Waals surface area contributed by atoms with Gasteiger partial charge in [0, 0.05) is 45.5 Å². The molecule has 0 aliphatic carbocycles. The standard InChI is InChI=1S/C14H21N5O2/c1-10-13(20)16-7-8-19(10)14(21)17-9-11-5-4-6-15-12(11)18(2)3/h4-6,10H,7-9H2,1-3H3,(H,16,20)(H,17,21). The van der Waals surface area contributed by atoms with E-state index in [0.29, 0.717) is 19.6 Å². The summed E-state index contributed by atoms with van der Waals surface area (Å²) in [6, 6.07) is 3.09. The Kier molecular flexibility index (Phi) is 4.62. The highest BCUT2D eigenvalue weighted by Crippen LogP contribution is 2.14. The highest BCUT2D eigenvalue weighted by Gasteiger charge is 2.29. The lowest BCUT2D eigenvalue weighted by molar-refractivity contribution is -0.126. The summed E-state index contributed by atoms with van der Waals surface area (Å²) in [5.74, 6) is 0.703. The number of hydrogen-bond donors (Lipinski definition) is 2. The van der Waals surface area contributed by atoms with Crippen LogP contribution in [0.25, 0.3) is 0 Å². The molecule has 1 aromatic heterocycles. The third-order valence-corrected chi connectivity index (χ3v) is 3.48. The highest BCUT2D eigenvalue weighted by molar-refractivity contribution is 5.87. The van der Waals surface area contributed by atoms with Crippen LogP contribution < -0.4 is 15.5 Å². The lowest BCUT2D eigenvalue weighted by atomic mass is 10.2. The fourth-order valence-corrected chi connectivity index (χ4v) is 2.30. The number of anilines is 1. The summed E-state index contributed by atoms with van der Waals surface area (Å²) in [5, 5.41) is 5.59. The molecule has 1 aliphatic heterocycles. The van der Waals surface area contributed by atoms with E-state index in [2.05, 4.69) is 15.6 Å². The van der Waals surface area contributed by atoms with E-state index in [9.17, 15) is 9.59 Å². The Morgan fingerprint density at radius 1 is 1.57 bits per heavy atom. The molecule has 1 unspecified atom stereocenters. The Morgan fingerprint density at radius 2 is 2.33 bits per heavy atom. The van der Waals surface area contributed by atoms with Gasteiger partial charge in [0.05, 0.1) is 0 Å². The molecule has 0 spiro atoms. The van der Waals surface area contributed by atoms with Crippen LogP contribution in [-0.4, -0.2) is 55.0 Å². The Labute approximate surface area is 124 Å². The van der Waals surface area contributed by atoms with E-state index in [1.54, 1.807) is 18.0 Å². The number of carbonyl (C=O) groups excluding carboxylic acids is 2. The summed E-state index contributed by atoms with van der Waals surface area (Å²) in [4.78, 5) is 31.5. The van der Waals surface area contributed by atoms with Crippen LogP contribution in [0.2, 0.25) is 0 Å². The van der Waals surface area contributed by atoms with E-state index in [1.165, 1.54) is 0 Å². The van der Waals surface area contributed by atoms with E-state index in [1.807, 2.05) is 31.1 Å². The predicted octanol–water partition coefficient (Wildman–Crippen LogP) is 0.178. The van der Waals surface area contributed by atoms with Crippen molar-refractivity contribution in [3.05, 3.63) is 23.9 Å². The van der Waals surface area contributed by atoms with Gasteiger partial charge in [-0.05, 0) is 13.0 Å². The second kappa shape index (κ2) is 6.43. The summed E-state index contributed by atoms with van der Waals surface area (Å²) in [6.45, 7) is 3.12. The van der Waals surface area contributed by atoms with E-state index in [0.717, 1.165) is 11.4 Å². The van der Waals surface area contributed by atoms with Crippen LogP contribution in [0.5, 0.6) is 0 Å². The minimum absolute atomic E-state index is 0.119. The van der Waals surface area contributed by atoms with Gasteiger partial charge < -0.3 is 20.4 Å². The lowest BCUT2D eigenvalue weighted by Gasteiger charge is -2.32. The third kappa shape index (κ3) is 3.42. The minimum atomic E-state index is -0.444. The van der Waals surface area contributed by atoms with E-state index >= 15 is 0 Å². The van der Waals surface area contributed by atoms with Gasteiger partial charge in [-0.15, -0.1) is 0 Å². The molecule has 2 rings (SSSR count). The fourth-order valence-electron chi connectivity index (χ4n) is 2.30. The largest absolute Gasteiger partial charge is 0.362 e. The van der Waals surface area contributed by atoms with Crippen LogP contribution in [0.1, 0.15) is 12.5 Å². The molecular formula is C14H21N5O2. The molecule has 0 radical (unpaired) electrons. The first-order chi connectivity index (χ1) is 10.0. The molecule has 0 saturated carbocycles. The number of rotatable bonds is 3. The van der Waals surface area contributed by atoms with Gasteiger partial charge in [-0.25, -0.2) is 9.78 Å². The summed E-state index contributed by atoms with van der Waals surface area (Å²) < 4.78 is 0. The normalized spacial score (nSPS) is 18.1. The number of amides is 3. The first-order valence-electron chi connectivity index (χ1n) is 6.94. The van der Waals surface area contributed by atoms with Gasteiger partial charge in [-0.3, -0.25) is 4.79 Å². The van der Waals surface area contributed by atoms with Crippen molar-refractivity contribution in [3.63, 3.8) is 0 Å². The number of aromatic nitrogens is 1. The average Bonchev–Trinajstić information content (AvgIpc) is 2.47. The van der Waals surface area contributed by atoms with Crippen LogP contribution >= 0.6 is 0 Å². The molecule has 7 nitrogen and oxygen atoms in total. The van der Waals surface area contributed by atoms with Crippen molar-refractivity contribution in [1.29, 1.82) is 0 Å². The van der Waals surface area contributed by atoms with Gasteiger partial charge in [0.15, 0.2) is 0 Å². The Hall–Kier alpha value is -2.31. The zero-order valence-corrected chi connectivity index (χ0v) is 12.6. The predicted molar refractivity (Wildman–Crippen MR) is 80.0 cm³/mol. The Bertz CT molecular complexity index is 532. The summed E-state index contributed by atoms with van der Waals surface area (Å²) in [5.41, 5.74) is 0.935. The van der Waals surface area contributed by atoms with E-state index in [-0.39, 0.29) is 11.9 Å². The maximum Gasteiger partial charge on any atom is 0.318 e. The number of piperazine rings is 1. The number of urea groups is 1. The van der Waals surface area contributed by atoms with Crippen LogP contribution in [0.3, 0.4) is 0 Å². The van der Waals surface area contributed by atoms with Crippen molar-refractivity contribution in [1.82, 2.24) is 20.5 Å².